The summed E-state index contributed by atoms with van der Waals surface area (Å²) in [6, 6.07) is 10.9. The van der Waals surface area contributed by atoms with Crippen molar-refractivity contribution in [2.24, 2.45) is 0 Å². The highest BCUT2D eigenvalue weighted by Crippen LogP contribution is 2.18. The van der Waals surface area contributed by atoms with Crippen LogP contribution in [0.4, 0.5) is 6.01 Å². The molecule has 0 fully saturated rings. The van der Waals surface area contributed by atoms with E-state index in [0.29, 0.717) is 5.69 Å². The molecule has 1 N–H and O–H groups in total. The first kappa shape index (κ1) is 16.8. The van der Waals surface area contributed by atoms with Crippen LogP contribution in [0.25, 0.3) is 11.6 Å². The van der Waals surface area contributed by atoms with Crippen LogP contribution in [0.5, 0.6) is 0 Å². The average Bonchev–Trinajstić information content (AvgIpc) is 3.11. The summed E-state index contributed by atoms with van der Waals surface area (Å²) in [5.74, 6) is -0.433. The van der Waals surface area contributed by atoms with Crippen molar-refractivity contribution in [3.63, 3.8) is 0 Å². The molecule has 3 aromatic rings. The third-order valence-corrected chi connectivity index (χ3v) is 5.10. The van der Waals surface area contributed by atoms with Crippen molar-refractivity contribution in [3.8, 4) is 11.6 Å². The third kappa shape index (κ3) is 3.72. The molecule has 0 aliphatic carbocycles. The Hall–Kier alpha value is -3.07. The number of rotatable bonds is 5. The second kappa shape index (κ2) is 6.81. The minimum absolute atomic E-state index is 0.0465. The Bertz CT molecular complexity index is 1000. The molecule has 3 rings (SSSR count). The SMILES string of the molecule is CCS(=O)(=O)c1cccc(C(=O)Nc2nnc(-c3ccccn3)o2)c1. The van der Waals surface area contributed by atoms with Gasteiger partial charge >= 0.3 is 6.01 Å². The van der Waals surface area contributed by atoms with Crippen molar-refractivity contribution < 1.29 is 17.6 Å². The molecule has 0 aliphatic rings. The monoisotopic (exact) mass is 358 g/mol. The van der Waals surface area contributed by atoms with Gasteiger partial charge in [0.25, 0.3) is 11.8 Å². The fourth-order valence-corrected chi connectivity index (χ4v) is 2.96. The maximum absolute atomic E-state index is 12.3. The molecule has 0 aliphatic heterocycles. The molecular weight excluding hydrogens is 344 g/mol. The largest absolute Gasteiger partial charge is 0.401 e. The Labute approximate surface area is 143 Å². The van der Waals surface area contributed by atoms with E-state index in [-0.39, 0.29) is 28.1 Å². The van der Waals surface area contributed by atoms with Crippen molar-refractivity contribution >= 4 is 21.8 Å². The van der Waals surface area contributed by atoms with E-state index in [1.54, 1.807) is 31.3 Å². The molecule has 0 radical (unpaired) electrons. The van der Waals surface area contributed by atoms with Gasteiger partial charge in [0.05, 0.1) is 10.6 Å². The molecule has 0 atom stereocenters. The molecule has 0 saturated carbocycles. The summed E-state index contributed by atoms with van der Waals surface area (Å²) < 4.78 is 29.2. The predicted octanol–water partition coefficient (Wildman–Crippen LogP) is 2.18. The molecule has 0 unspecified atom stereocenters. The van der Waals surface area contributed by atoms with E-state index in [1.165, 1.54) is 24.3 Å². The summed E-state index contributed by atoms with van der Waals surface area (Å²) >= 11 is 0. The van der Waals surface area contributed by atoms with Gasteiger partial charge in [-0.2, -0.15) is 0 Å². The van der Waals surface area contributed by atoms with E-state index in [0.717, 1.165) is 0 Å². The lowest BCUT2D eigenvalue weighted by Crippen LogP contribution is -2.13. The van der Waals surface area contributed by atoms with Crippen LogP contribution >= 0.6 is 0 Å². The highest BCUT2D eigenvalue weighted by atomic mass is 32.2. The van der Waals surface area contributed by atoms with Gasteiger partial charge < -0.3 is 4.42 Å². The Kier molecular flexibility index (Phi) is 4.57. The third-order valence-electron chi connectivity index (χ3n) is 3.36. The van der Waals surface area contributed by atoms with Crippen LogP contribution in [-0.4, -0.2) is 35.3 Å². The maximum atomic E-state index is 12.3. The summed E-state index contributed by atoms with van der Waals surface area (Å²) in [6.45, 7) is 1.54. The zero-order valence-corrected chi connectivity index (χ0v) is 14.0. The Morgan fingerprint density at radius 3 is 2.72 bits per heavy atom. The number of aromatic nitrogens is 3. The molecule has 0 bridgehead atoms. The second-order valence-corrected chi connectivity index (χ2v) is 7.29. The highest BCUT2D eigenvalue weighted by molar-refractivity contribution is 7.91. The summed E-state index contributed by atoms with van der Waals surface area (Å²) in [7, 11) is -3.40. The van der Waals surface area contributed by atoms with Crippen LogP contribution in [0.2, 0.25) is 0 Å². The Morgan fingerprint density at radius 2 is 2.00 bits per heavy atom. The van der Waals surface area contributed by atoms with Gasteiger partial charge in [0.15, 0.2) is 9.84 Å². The minimum Gasteiger partial charge on any atom is -0.401 e. The summed E-state index contributed by atoms with van der Waals surface area (Å²) in [6.07, 6.45) is 1.58. The molecule has 2 heterocycles. The van der Waals surface area contributed by atoms with E-state index < -0.39 is 15.7 Å². The number of nitrogens with one attached hydrogen (secondary N) is 1. The Balaban J connectivity index is 1.80. The van der Waals surface area contributed by atoms with E-state index in [4.69, 9.17) is 4.42 Å². The maximum Gasteiger partial charge on any atom is 0.322 e. The Morgan fingerprint density at radius 1 is 1.16 bits per heavy atom. The number of hydrogen-bond acceptors (Lipinski definition) is 7. The van der Waals surface area contributed by atoms with Gasteiger partial charge in [-0.3, -0.25) is 15.1 Å². The number of carbonyl (C=O) groups excluding carboxylic acids is 1. The molecular formula is C16H14N4O4S. The number of carbonyl (C=O) groups is 1. The standard InChI is InChI=1S/C16H14N4O4S/c1-2-25(22,23)12-7-5-6-11(10-12)14(21)18-16-20-19-15(24-16)13-8-3-4-9-17-13/h3-10H,2H2,1H3,(H,18,20,21). The number of sulfone groups is 1. The number of nitrogens with zero attached hydrogens (tertiary/aromatic N) is 3. The first-order valence-electron chi connectivity index (χ1n) is 7.38. The normalized spacial score (nSPS) is 11.2. The highest BCUT2D eigenvalue weighted by Gasteiger charge is 2.16. The van der Waals surface area contributed by atoms with E-state index in [1.807, 2.05) is 0 Å². The number of benzene rings is 1. The number of amides is 1. The molecule has 0 saturated heterocycles. The van der Waals surface area contributed by atoms with Gasteiger partial charge in [0.1, 0.15) is 5.69 Å². The average molecular weight is 358 g/mol. The zero-order valence-electron chi connectivity index (χ0n) is 13.2. The van der Waals surface area contributed by atoms with Crippen LogP contribution in [-0.2, 0) is 9.84 Å². The predicted molar refractivity (Wildman–Crippen MR) is 89.7 cm³/mol. The summed E-state index contributed by atoms with van der Waals surface area (Å²) in [4.78, 5) is 16.4. The molecule has 9 heteroatoms. The van der Waals surface area contributed by atoms with Crippen molar-refractivity contribution in [2.75, 3.05) is 11.1 Å². The molecule has 0 spiro atoms. The quantitative estimate of drug-likeness (QED) is 0.743. The molecule has 128 valence electrons. The van der Waals surface area contributed by atoms with Crippen molar-refractivity contribution in [2.45, 2.75) is 11.8 Å². The second-order valence-electron chi connectivity index (χ2n) is 5.01. The van der Waals surface area contributed by atoms with E-state index in [2.05, 4.69) is 20.5 Å². The molecule has 1 aromatic carbocycles. The van der Waals surface area contributed by atoms with Gasteiger partial charge in [0, 0.05) is 11.8 Å². The zero-order chi connectivity index (χ0) is 17.9. The van der Waals surface area contributed by atoms with Crippen molar-refractivity contribution in [1.29, 1.82) is 0 Å². The van der Waals surface area contributed by atoms with Crippen LogP contribution in [0, 0.1) is 0 Å². The van der Waals surface area contributed by atoms with Gasteiger partial charge in [-0.05, 0) is 30.3 Å². The lowest BCUT2D eigenvalue weighted by Gasteiger charge is -2.04. The van der Waals surface area contributed by atoms with E-state index in [9.17, 15) is 13.2 Å². The van der Waals surface area contributed by atoms with Crippen LogP contribution < -0.4 is 5.32 Å². The fourth-order valence-electron chi connectivity index (χ4n) is 2.03. The summed E-state index contributed by atoms with van der Waals surface area (Å²) in [5, 5.41) is 10.00. The van der Waals surface area contributed by atoms with Crippen molar-refractivity contribution in [3.05, 3.63) is 54.2 Å². The van der Waals surface area contributed by atoms with Gasteiger partial charge in [-0.25, -0.2) is 8.42 Å². The lowest BCUT2D eigenvalue weighted by molar-refractivity contribution is 0.102. The first-order chi connectivity index (χ1) is 12.0. The number of anilines is 1. The lowest BCUT2D eigenvalue weighted by atomic mass is 10.2. The van der Waals surface area contributed by atoms with E-state index >= 15 is 0 Å². The first-order valence-corrected chi connectivity index (χ1v) is 9.04. The molecule has 25 heavy (non-hydrogen) atoms. The van der Waals surface area contributed by atoms with Gasteiger partial charge in [0.2, 0.25) is 0 Å². The molecule has 8 nitrogen and oxygen atoms in total. The topological polar surface area (TPSA) is 115 Å². The van der Waals surface area contributed by atoms with Crippen LogP contribution in [0.15, 0.2) is 58.0 Å². The molecule has 1 amide bonds. The number of hydrogen-bond donors (Lipinski definition) is 1. The number of pyridine rings is 1. The molecule has 2 aromatic heterocycles. The van der Waals surface area contributed by atoms with Crippen molar-refractivity contribution in [1.82, 2.24) is 15.2 Å². The fraction of sp³-hybridized carbons (Fsp3) is 0.125. The smallest absolute Gasteiger partial charge is 0.322 e. The van der Waals surface area contributed by atoms with Gasteiger partial charge in [-0.15, -0.1) is 5.10 Å². The summed E-state index contributed by atoms with van der Waals surface area (Å²) in [5.41, 5.74) is 0.652. The van der Waals surface area contributed by atoms with Crippen LogP contribution in [0.3, 0.4) is 0 Å². The van der Waals surface area contributed by atoms with Crippen LogP contribution in [0.1, 0.15) is 17.3 Å². The minimum atomic E-state index is -3.40. The van der Waals surface area contributed by atoms with Gasteiger partial charge in [-0.1, -0.05) is 24.2 Å².